The average molecular weight is 318 g/mol. The van der Waals surface area contributed by atoms with Crippen LogP contribution in [-0.2, 0) is 0 Å². The summed E-state index contributed by atoms with van der Waals surface area (Å²) in [5.41, 5.74) is 0. The molecular formula is C16H39N5O. The molecule has 0 radical (unpaired) electrons. The number of nitrogens with zero attached hydrogens (tertiary/aromatic N) is 5. The molecule has 0 aromatic carbocycles. The molecule has 0 atom stereocenters. The fraction of sp³-hybridized carbons (Fsp3) is 1.00. The van der Waals surface area contributed by atoms with E-state index in [0.29, 0.717) is 0 Å². The number of aliphatic hydroxyl groups is 1. The van der Waals surface area contributed by atoms with E-state index in [1.165, 1.54) is 0 Å². The molecule has 0 spiro atoms. The van der Waals surface area contributed by atoms with E-state index < -0.39 is 0 Å². The van der Waals surface area contributed by atoms with Crippen LogP contribution in [0.2, 0.25) is 0 Å². The van der Waals surface area contributed by atoms with E-state index in [-0.39, 0.29) is 6.61 Å². The molecular weight excluding hydrogens is 278 g/mol. The van der Waals surface area contributed by atoms with Crippen LogP contribution in [0.5, 0.6) is 0 Å². The Hall–Kier alpha value is -0.240. The van der Waals surface area contributed by atoms with Gasteiger partial charge in [-0.05, 0) is 42.3 Å². The van der Waals surface area contributed by atoms with Gasteiger partial charge in [0.2, 0.25) is 0 Å². The fourth-order valence-electron chi connectivity index (χ4n) is 2.07. The highest BCUT2D eigenvalue weighted by molar-refractivity contribution is 4.64. The molecule has 0 aliphatic carbocycles. The zero-order valence-corrected chi connectivity index (χ0v) is 15.8. The van der Waals surface area contributed by atoms with Crippen molar-refractivity contribution in [1.82, 2.24) is 24.5 Å². The van der Waals surface area contributed by atoms with Gasteiger partial charge in [0.25, 0.3) is 0 Å². The molecule has 0 aromatic rings. The zero-order chi connectivity index (χ0) is 17.0. The van der Waals surface area contributed by atoms with Crippen LogP contribution in [0.15, 0.2) is 0 Å². The van der Waals surface area contributed by atoms with Crippen LogP contribution in [0.3, 0.4) is 0 Å². The van der Waals surface area contributed by atoms with Gasteiger partial charge in [0.05, 0.1) is 6.61 Å². The van der Waals surface area contributed by atoms with Gasteiger partial charge in [0.1, 0.15) is 0 Å². The van der Waals surface area contributed by atoms with E-state index >= 15 is 0 Å². The number of aliphatic hydroxyl groups excluding tert-OH is 1. The predicted octanol–water partition coefficient (Wildman–Crippen LogP) is -0.732. The number of rotatable bonds is 14. The summed E-state index contributed by atoms with van der Waals surface area (Å²) < 4.78 is 0. The Bertz CT molecular complexity index is 251. The normalized spacial score (nSPS) is 12.5. The first kappa shape index (κ1) is 21.8. The Balaban J connectivity index is 3.85. The molecule has 1 N–H and O–H groups in total. The Kier molecular flexibility index (Phi) is 13.1. The third-order valence-corrected chi connectivity index (χ3v) is 3.87. The van der Waals surface area contributed by atoms with Gasteiger partial charge in [-0.1, -0.05) is 0 Å². The van der Waals surface area contributed by atoms with Gasteiger partial charge in [-0.15, -0.1) is 0 Å². The van der Waals surface area contributed by atoms with Crippen molar-refractivity contribution < 1.29 is 5.11 Å². The second-order valence-corrected chi connectivity index (χ2v) is 6.78. The Morgan fingerprint density at radius 1 is 0.500 bits per heavy atom. The first-order valence-electron chi connectivity index (χ1n) is 8.35. The van der Waals surface area contributed by atoms with E-state index in [0.717, 1.165) is 58.9 Å². The summed E-state index contributed by atoms with van der Waals surface area (Å²) in [7, 11) is 12.8. The van der Waals surface area contributed by atoms with E-state index in [1.54, 1.807) is 0 Å². The van der Waals surface area contributed by atoms with Crippen molar-refractivity contribution in [3.63, 3.8) is 0 Å². The summed E-state index contributed by atoms with van der Waals surface area (Å²) in [5.74, 6) is 0. The van der Waals surface area contributed by atoms with Gasteiger partial charge in [-0.25, -0.2) is 0 Å². The maximum Gasteiger partial charge on any atom is 0.0558 e. The van der Waals surface area contributed by atoms with Crippen molar-refractivity contribution in [2.75, 3.05) is 108 Å². The minimum atomic E-state index is 0.240. The fourth-order valence-corrected chi connectivity index (χ4v) is 2.07. The minimum Gasteiger partial charge on any atom is -0.395 e. The topological polar surface area (TPSA) is 36.4 Å². The van der Waals surface area contributed by atoms with Gasteiger partial charge in [0.15, 0.2) is 0 Å². The summed E-state index contributed by atoms with van der Waals surface area (Å²) in [6, 6.07) is 0. The number of likely N-dealkylation sites (N-methyl/N-ethyl adjacent to an activating group) is 4. The van der Waals surface area contributed by atoms with Gasteiger partial charge >= 0.3 is 0 Å². The molecule has 0 aromatic heterocycles. The Morgan fingerprint density at radius 3 is 1.32 bits per heavy atom. The van der Waals surface area contributed by atoms with Gasteiger partial charge in [-0.3, -0.25) is 4.90 Å². The van der Waals surface area contributed by atoms with Gasteiger partial charge in [-0.2, -0.15) is 0 Å². The largest absolute Gasteiger partial charge is 0.395 e. The SMILES string of the molecule is CN(C)CCN(C)CCN(C)CCN(CCO)CCN(C)C. The van der Waals surface area contributed by atoms with E-state index in [2.05, 4.69) is 66.8 Å². The van der Waals surface area contributed by atoms with Crippen molar-refractivity contribution in [1.29, 1.82) is 0 Å². The van der Waals surface area contributed by atoms with Crippen molar-refractivity contribution in [2.45, 2.75) is 0 Å². The van der Waals surface area contributed by atoms with Crippen LogP contribution >= 0.6 is 0 Å². The van der Waals surface area contributed by atoms with Crippen molar-refractivity contribution in [2.24, 2.45) is 0 Å². The predicted molar refractivity (Wildman–Crippen MR) is 95.6 cm³/mol. The smallest absolute Gasteiger partial charge is 0.0558 e. The molecule has 0 saturated heterocycles. The van der Waals surface area contributed by atoms with Crippen LogP contribution in [0.25, 0.3) is 0 Å². The third-order valence-electron chi connectivity index (χ3n) is 3.87. The lowest BCUT2D eigenvalue weighted by Crippen LogP contribution is -2.40. The van der Waals surface area contributed by atoms with Gasteiger partial charge in [0, 0.05) is 58.9 Å². The van der Waals surface area contributed by atoms with Crippen LogP contribution in [-0.4, -0.2) is 137 Å². The summed E-state index contributed by atoms with van der Waals surface area (Å²) in [6.07, 6.45) is 0. The van der Waals surface area contributed by atoms with E-state index in [4.69, 9.17) is 5.11 Å². The first-order valence-corrected chi connectivity index (χ1v) is 8.35. The highest BCUT2D eigenvalue weighted by Crippen LogP contribution is 1.93. The first-order chi connectivity index (χ1) is 10.3. The van der Waals surface area contributed by atoms with E-state index in [9.17, 15) is 0 Å². The maximum absolute atomic E-state index is 9.17. The second-order valence-electron chi connectivity index (χ2n) is 6.78. The molecule has 0 bridgehead atoms. The van der Waals surface area contributed by atoms with Crippen LogP contribution in [0.1, 0.15) is 0 Å². The van der Waals surface area contributed by atoms with Crippen molar-refractivity contribution >= 4 is 0 Å². The maximum atomic E-state index is 9.17. The molecule has 0 aliphatic heterocycles. The lowest BCUT2D eigenvalue weighted by atomic mass is 10.4. The molecule has 0 amide bonds. The molecule has 0 unspecified atom stereocenters. The molecule has 0 aliphatic rings. The van der Waals surface area contributed by atoms with Crippen molar-refractivity contribution in [3.05, 3.63) is 0 Å². The molecule has 134 valence electrons. The van der Waals surface area contributed by atoms with E-state index in [1.807, 2.05) is 0 Å². The average Bonchev–Trinajstić information content (AvgIpc) is 2.45. The molecule has 0 rings (SSSR count). The molecule has 22 heavy (non-hydrogen) atoms. The summed E-state index contributed by atoms with van der Waals surface area (Å²) in [4.78, 5) is 11.5. The van der Waals surface area contributed by atoms with Crippen LogP contribution in [0, 0.1) is 0 Å². The molecule has 0 fully saturated rings. The quantitative estimate of drug-likeness (QED) is 0.455. The number of hydrogen-bond acceptors (Lipinski definition) is 6. The monoisotopic (exact) mass is 317 g/mol. The summed E-state index contributed by atoms with van der Waals surface area (Å²) >= 11 is 0. The molecule has 0 heterocycles. The highest BCUT2D eigenvalue weighted by Gasteiger charge is 2.07. The summed E-state index contributed by atoms with van der Waals surface area (Å²) in [6.45, 7) is 9.54. The molecule has 0 saturated carbocycles. The Labute approximate surface area is 138 Å². The molecule has 6 nitrogen and oxygen atoms in total. The van der Waals surface area contributed by atoms with Crippen LogP contribution < -0.4 is 0 Å². The Morgan fingerprint density at radius 2 is 0.864 bits per heavy atom. The van der Waals surface area contributed by atoms with Gasteiger partial charge < -0.3 is 24.7 Å². The minimum absolute atomic E-state index is 0.240. The van der Waals surface area contributed by atoms with Crippen LogP contribution in [0.4, 0.5) is 0 Å². The zero-order valence-electron chi connectivity index (χ0n) is 15.8. The lowest BCUT2D eigenvalue weighted by Gasteiger charge is -2.27. The second kappa shape index (κ2) is 13.2. The van der Waals surface area contributed by atoms with Crippen molar-refractivity contribution in [3.8, 4) is 0 Å². The number of hydrogen-bond donors (Lipinski definition) is 1. The highest BCUT2D eigenvalue weighted by atomic mass is 16.3. The molecule has 6 heteroatoms. The third kappa shape index (κ3) is 13.4. The summed E-state index contributed by atoms with van der Waals surface area (Å²) in [5, 5.41) is 9.17. The standard InChI is InChI=1S/C16H39N5O/c1-17(2)7-9-19(5)10-11-20(6)12-14-21(15-16-22)13-8-18(3)4/h22H,7-16H2,1-6H3. The lowest BCUT2D eigenvalue weighted by molar-refractivity contribution is 0.162.